The molecule has 5 saturated carbocycles. The molecule has 200 valence electrons. The highest BCUT2D eigenvalue weighted by molar-refractivity contribution is 5.33. The number of ether oxygens (including phenoxy) is 1. The quantitative estimate of drug-likeness (QED) is 0.460. The molecule has 2 spiro atoms. The molecule has 1 heterocycles. The van der Waals surface area contributed by atoms with Crippen LogP contribution >= 0.6 is 0 Å². The first-order valence-electron chi connectivity index (χ1n) is 14.4. The summed E-state index contributed by atoms with van der Waals surface area (Å²) in [5.74, 6) is 0.577. The fraction of sp³-hybridized carbons (Fsp3) is 1.00. The van der Waals surface area contributed by atoms with Gasteiger partial charge in [0.25, 0.3) is 0 Å². The molecule has 12 atom stereocenters. The van der Waals surface area contributed by atoms with E-state index in [1.807, 2.05) is 13.8 Å². The Morgan fingerprint density at radius 1 is 0.771 bits per heavy atom. The zero-order valence-corrected chi connectivity index (χ0v) is 23.1. The van der Waals surface area contributed by atoms with Crippen LogP contribution in [0.2, 0.25) is 0 Å². The Balaban J connectivity index is 1.37. The van der Waals surface area contributed by atoms with Gasteiger partial charge in [-0.1, -0.05) is 27.7 Å². The van der Waals surface area contributed by atoms with Crippen LogP contribution in [0.25, 0.3) is 0 Å². The Hall–Kier alpha value is -0.200. The van der Waals surface area contributed by atoms with Crippen molar-refractivity contribution in [2.75, 3.05) is 0 Å². The first-order chi connectivity index (χ1) is 16.0. The SMILES string of the molecule is CC(C)(O)[C@@H]1CC[C@@](C)([C@H]2[C@@H](O)C[C@@]3(C)[C@@H]4C[C@H](O)[C@H]5C(C)(C)[C@@H](O)CC[C@@]56C[C@@]46CC[C@]23C)O1. The highest BCUT2D eigenvalue weighted by atomic mass is 16.5. The Morgan fingerprint density at radius 2 is 1.46 bits per heavy atom. The van der Waals surface area contributed by atoms with Gasteiger partial charge in [0.1, 0.15) is 0 Å². The Bertz CT molecular complexity index is 911. The summed E-state index contributed by atoms with van der Waals surface area (Å²) in [5, 5.41) is 45.0. The summed E-state index contributed by atoms with van der Waals surface area (Å²) < 4.78 is 6.66. The van der Waals surface area contributed by atoms with Gasteiger partial charge < -0.3 is 25.2 Å². The molecule has 1 aliphatic heterocycles. The van der Waals surface area contributed by atoms with Crippen LogP contribution in [-0.4, -0.2) is 56.0 Å². The monoisotopic (exact) mass is 490 g/mol. The third-order valence-electron chi connectivity index (χ3n) is 13.8. The van der Waals surface area contributed by atoms with Gasteiger partial charge in [-0.05, 0) is 117 Å². The maximum absolute atomic E-state index is 11.7. The second-order valence-corrected chi connectivity index (χ2v) is 15.9. The molecule has 6 rings (SSSR count). The van der Waals surface area contributed by atoms with Gasteiger partial charge in [-0.3, -0.25) is 0 Å². The Morgan fingerprint density at radius 3 is 2.09 bits per heavy atom. The van der Waals surface area contributed by atoms with Gasteiger partial charge in [0.15, 0.2) is 0 Å². The van der Waals surface area contributed by atoms with E-state index in [9.17, 15) is 20.4 Å². The summed E-state index contributed by atoms with van der Waals surface area (Å²) in [5.41, 5.74) is -1.35. The van der Waals surface area contributed by atoms with E-state index in [1.165, 1.54) is 6.42 Å². The highest BCUT2D eigenvalue weighted by Gasteiger charge is 2.84. The minimum atomic E-state index is -0.886. The van der Waals surface area contributed by atoms with Gasteiger partial charge in [0.2, 0.25) is 0 Å². The van der Waals surface area contributed by atoms with Crippen LogP contribution in [0.4, 0.5) is 0 Å². The van der Waals surface area contributed by atoms with Crippen molar-refractivity contribution in [3.8, 4) is 0 Å². The Kier molecular flexibility index (Phi) is 4.92. The topological polar surface area (TPSA) is 90.2 Å². The summed E-state index contributed by atoms with van der Waals surface area (Å²) in [6, 6.07) is 0. The molecular formula is C30H50O5. The Labute approximate surface area is 212 Å². The summed E-state index contributed by atoms with van der Waals surface area (Å²) in [6.07, 6.45) is 7.18. The maximum atomic E-state index is 11.7. The van der Waals surface area contributed by atoms with Crippen LogP contribution in [0.5, 0.6) is 0 Å². The molecule has 0 aromatic heterocycles. The van der Waals surface area contributed by atoms with E-state index in [1.54, 1.807) is 0 Å². The number of aliphatic hydroxyl groups is 4. The van der Waals surface area contributed by atoms with Crippen molar-refractivity contribution < 1.29 is 25.2 Å². The molecule has 35 heavy (non-hydrogen) atoms. The molecule has 6 fully saturated rings. The van der Waals surface area contributed by atoms with E-state index in [-0.39, 0.29) is 51.1 Å². The van der Waals surface area contributed by atoms with Crippen molar-refractivity contribution in [1.29, 1.82) is 0 Å². The molecule has 0 aromatic carbocycles. The molecule has 0 unspecified atom stereocenters. The van der Waals surface area contributed by atoms with Crippen molar-refractivity contribution in [2.45, 2.75) is 142 Å². The molecule has 5 aliphatic carbocycles. The molecule has 5 heteroatoms. The lowest BCUT2D eigenvalue weighted by Crippen LogP contribution is -2.62. The highest BCUT2D eigenvalue weighted by Crippen LogP contribution is 2.89. The van der Waals surface area contributed by atoms with E-state index >= 15 is 0 Å². The lowest BCUT2D eigenvalue weighted by atomic mass is 9.41. The second kappa shape index (κ2) is 6.86. The first kappa shape index (κ1) is 25.1. The fourth-order valence-electron chi connectivity index (χ4n) is 12.1. The van der Waals surface area contributed by atoms with Gasteiger partial charge >= 0.3 is 0 Å². The largest absolute Gasteiger partial charge is 0.393 e. The standard InChI is InChI=1S/C30H50O5/c1-24(2)20(33)8-11-30-16-29(30)13-12-26(5)23(28(7)10-9-21(35-28)25(3,4)34)18(32)15-27(26,6)19(29)14-17(31)22(24)30/h17-23,31-34H,8-16H2,1-7H3/t17-,18-,19-,20-,21-,22-,23-,26+,27-,28-,29-,30+/m0/s1. The lowest BCUT2D eigenvalue weighted by molar-refractivity contribution is -0.213. The smallest absolute Gasteiger partial charge is 0.0865 e. The molecule has 6 aliphatic rings. The fourth-order valence-corrected chi connectivity index (χ4v) is 12.1. The summed E-state index contributed by atoms with van der Waals surface area (Å²) in [4.78, 5) is 0. The van der Waals surface area contributed by atoms with Crippen LogP contribution in [0, 0.1) is 44.8 Å². The third-order valence-corrected chi connectivity index (χ3v) is 13.8. The zero-order chi connectivity index (χ0) is 25.6. The normalized spacial score (nSPS) is 60.9. The van der Waals surface area contributed by atoms with E-state index in [2.05, 4.69) is 34.6 Å². The van der Waals surface area contributed by atoms with Gasteiger partial charge in [0, 0.05) is 5.92 Å². The first-order valence-corrected chi connectivity index (χ1v) is 14.4. The number of rotatable bonds is 2. The molecule has 0 aromatic rings. The minimum absolute atomic E-state index is 0.0267. The molecule has 0 radical (unpaired) electrons. The maximum Gasteiger partial charge on any atom is 0.0865 e. The van der Waals surface area contributed by atoms with Gasteiger partial charge in [-0.25, -0.2) is 0 Å². The molecule has 4 N–H and O–H groups in total. The van der Waals surface area contributed by atoms with Crippen molar-refractivity contribution in [3.63, 3.8) is 0 Å². The van der Waals surface area contributed by atoms with Crippen molar-refractivity contribution in [2.24, 2.45) is 44.8 Å². The third kappa shape index (κ3) is 2.78. The van der Waals surface area contributed by atoms with E-state index in [0.29, 0.717) is 5.92 Å². The summed E-state index contributed by atoms with van der Waals surface area (Å²) in [6.45, 7) is 15.0. The second-order valence-electron chi connectivity index (χ2n) is 15.9. The zero-order valence-electron chi connectivity index (χ0n) is 23.1. The molecule has 1 saturated heterocycles. The van der Waals surface area contributed by atoms with Crippen LogP contribution in [-0.2, 0) is 4.74 Å². The van der Waals surface area contributed by atoms with Crippen LogP contribution < -0.4 is 0 Å². The molecular weight excluding hydrogens is 440 g/mol. The van der Waals surface area contributed by atoms with Gasteiger partial charge in [-0.2, -0.15) is 0 Å². The van der Waals surface area contributed by atoms with Crippen molar-refractivity contribution in [3.05, 3.63) is 0 Å². The van der Waals surface area contributed by atoms with E-state index in [0.717, 1.165) is 51.4 Å². The van der Waals surface area contributed by atoms with Gasteiger partial charge in [0.05, 0.1) is 35.6 Å². The predicted molar refractivity (Wildman–Crippen MR) is 134 cm³/mol. The van der Waals surface area contributed by atoms with Crippen LogP contribution in [0.3, 0.4) is 0 Å². The summed E-state index contributed by atoms with van der Waals surface area (Å²) in [7, 11) is 0. The van der Waals surface area contributed by atoms with E-state index < -0.39 is 23.4 Å². The van der Waals surface area contributed by atoms with Gasteiger partial charge in [-0.15, -0.1) is 0 Å². The average molecular weight is 491 g/mol. The van der Waals surface area contributed by atoms with E-state index in [4.69, 9.17) is 4.74 Å². The minimum Gasteiger partial charge on any atom is -0.393 e. The van der Waals surface area contributed by atoms with Crippen molar-refractivity contribution in [1.82, 2.24) is 0 Å². The molecule has 5 nitrogen and oxygen atoms in total. The average Bonchev–Trinajstić information content (AvgIpc) is 3.08. The molecule has 0 amide bonds. The van der Waals surface area contributed by atoms with Crippen LogP contribution in [0.1, 0.15) is 106 Å². The summed E-state index contributed by atoms with van der Waals surface area (Å²) >= 11 is 0. The number of hydrogen-bond donors (Lipinski definition) is 4. The number of hydrogen-bond acceptors (Lipinski definition) is 5. The predicted octanol–water partition coefficient (Wildman–Crippen LogP) is 4.44. The molecule has 0 bridgehead atoms. The van der Waals surface area contributed by atoms with Crippen LogP contribution in [0.15, 0.2) is 0 Å². The van der Waals surface area contributed by atoms with Crippen molar-refractivity contribution >= 4 is 0 Å². The lowest BCUT2D eigenvalue weighted by Gasteiger charge is -2.64. The number of aliphatic hydroxyl groups excluding tert-OH is 3. The number of fused-ring (bicyclic) bond motifs is 2.